The molecule has 1 saturated carbocycles. The Morgan fingerprint density at radius 3 is 2.58 bits per heavy atom. The van der Waals surface area contributed by atoms with Gasteiger partial charge in [0, 0.05) is 19.6 Å². The summed E-state index contributed by atoms with van der Waals surface area (Å²) in [5, 5.41) is 3.18. The molecule has 2 nitrogen and oxygen atoms in total. The maximum absolute atomic E-state index is 12.2. The lowest BCUT2D eigenvalue weighted by molar-refractivity contribution is -0.137. The van der Waals surface area contributed by atoms with E-state index in [0.717, 1.165) is 19.3 Å². The average molecular weight is 281 g/mol. The highest BCUT2D eigenvalue weighted by molar-refractivity contribution is 4.96. The van der Waals surface area contributed by atoms with Crippen LogP contribution in [-0.4, -0.2) is 32.0 Å². The van der Waals surface area contributed by atoms with Crippen LogP contribution in [0.4, 0.5) is 13.2 Å². The Morgan fingerprint density at radius 1 is 1.42 bits per heavy atom. The third kappa shape index (κ3) is 4.95. The standard InChI is InChI=1S/C14H26F3NO/c1-11-6-4-8-13(10-11,19-3)12(18-2)7-5-9-14(15,16)17/h11-12,18H,4-10H2,1-3H3. The molecule has 0 radical (unpaired) electrons. The minimum absolute atomic E-state index is 0.00241. The van der Waals surface area contributed by atoms with Crippen LogP contribution in [0.15, 0.2) is 0 Å². The lowest BCUT2D eigenvalue weighted by Gasteiger charge is -2.44. The first kappa shape index (κ1) is 16.8. The van der Waals surface area contributed by atoms with E-state index in [1.807, 2.05) is 7.05 Å². The maximum Gasteiger partial charge on any atom is 0.389 e. The van der Waals surface area contributed by atoms with Gasteiger partial charge in [-0.3, -0.25) is 0 Å². The number of hydrogen-bond donors (Lipinski definition) is 1. The highest BCUT2D eigenvalue weighted by Crippen LogP contribution is 2.39. The van der Waals surface area contributed by atoms with Gasteiger partial charge < -0.3 is 10.1 Å². The molecule has 114 valence electrons. The first-order valence-corrected chi connectivity index (χ1v) is 7.12. The molecule has 3 atom stereocenters. The molecular formula is C14H26F3NO. The Morgan fingerprint density at radius 2 is 2.11 bits per heavy atom. The van der Waals surface area contributed by atoms with Gasteiger partial charge in [-0.1, -0.05) is 19.8 Å². The number of rotatable bonds is 6. The Kier molecular flexibility index (Phi) is 6.12. The molecule has 1 rings (SSSR count). The van der Waals surface area contributed by atoms with Gasteiger partial charge in [0.1, 0.15) is 0 Å². The number of methoxy groups -OCH3 is 1. The van der Waals surface area contributed by atoms with Crippen molar-refractivity contribution in [3.05, 3.63) is 0 Å². The second-order valence-corrected chi connectivity index (χ2v) is 5.82. The van der Waals surface area contributed by atoms with Crippen LogP contribution in [-0.2, 0) is 4.74 Å². The van der Waals surface area contributed by atoms with Crippen LogP contribution in [0.2, 0.25) is 0 Å². The van der Waals surface area contributed by atoms with E-state index >= 15 is 0 Å². The monoisotopic (exact) mass is 281 g/mol. The predicted octanol–water partition coefficient (Wildman–Crippen LogP) is 3.90. The third-order valence-corrected chi connectivity index (χ3v) is 4.33. The topological polar surface area (TPSA) is 21.3 Å². The zero-order valence-corrected chi connectivity index (χ0v) is 12.1. The minimum Gasteiger partial charge on any atom is -0.377 e. The van der Waals surface area contributed by atoms with Crippen molar-refractivity contribution in [2.45, 2.75) is 69.7 Å². The molecule has 0 heterocycles. The number of ether oxygens (including phenoxy) is 1. The fourth-order valence-electron chi connectivity index (χ4n) is 3.36. The van der Waals surface area contributed by atoms with Crippen molar-refractivity contribution < 1.29 is 17.9 Å². The Hall–Kier alpha value is -0.290. The molecule has 5 heteroatoms. The Balaban J connectivity index is 2.59. The summed E-state index contributed by atoms with van der Waals surface area (Å²) in [7, 11) is 3.50. The molecule has 0 aromatic heterocycles. The second-order valence-electron chi connectivity index (χ2n) is 5.82. The lowest BCUT2D eigenvalue weighted by atomic mass is 9.73. The van der Waals surface area contributed by atoms with Crippen molar-refractivity contribution in [3.63, 3.8) is 0 Å². The largest absolute Gasteiger partial charge is 0.389 e. The first-order chi connectivity index (χ1) is 8.83. The average Bonchev–Trinajstić information content (AvgIpc) is 2.33. The molecule has 1 fully saturated rings. The molecule has 3 unspecified atom stereocenters. The second kappa shape index (κ2) is 6.93. The molecule has 0 aromatic carbocycles. The van der Waals surface area contributed by atoms with Crippen LogP contribution in [0.5, 0.6) is 0 Å². The van der Waals surface area contributed by atoms with Crippen molar-refractivity contribution in [1.82, 2.24) is 5.32 Å². The molecule has 0 bridgehead atoms. The lowest BCUT2D eigenvalue weighted by Crippen LogP contribution is -2.53. The van der Waals surface area contributed by atoms with E-state index in [1.54, 1.807) is 7.11 Å². The summed E-state index contributed by atoms with van der Waals surface area (Å²) in [6.45, 7) is 2.19. The van der Waals surface area contributed by atoms with Crippen molar-refractivity contribution in [2.75, 3.05) is 14.2 Å². The van der Waals surface area contributed by atoms with Gasteiger partial charge in [0.25, 0.3) is 0 Å². The number of likely N-dealkylation sites (N-methyl/N-ethyl adjacent to an activating group) is 1. The first-order valence-electron chi connectivity index (χ1n) is 7.12. The fraction of sp³-hybridized carbons (Fsp3) is 1.00. The van der Waals surface area contributed by atoms with E-state index in [4.69, 9.17) is 4.74 Å². The third-order valence-electron chi connectivity index (χ3n) is 4.33. The van der Waals surface area contributed by atoms with Crippen LogP contribution in [0.25, 0.3) is 0 Å². The molecule has 1 N–H and O–H groups in total. The highest BCUT2D eigenvalue weighted by atomic mass is 19.4. The van der Waals surface area contributed by atoms with Gasteiger partial charge in [0.15, 0.2) is 0 Å². The molecule has 0 spiro atoms. The van der Waals surface area contributed by atoms with Crippen molar-refractivity contribution in [3.8, 4) is 0 Å². The number of hydrogen-bond acceptors (Lipinski definition) is 2. The van der Waals surface area contributed by atoms with Crippen LogP contribution in [0.3, 0.4) is 0 Å². The summed E-state index contributed by atoms with van der Waals surface area (Å²) in [6.07, 6.45) is 0.0485. The highest BCUT2D eigenvalue weighted by Gasteiger charge is 2.41. The van der Waals surface area contributed by atoms with E-state index in [1.165, 1.54) is 6.42 Å². The SMILES string of the molecule is CNC(CCCC(F)(F)F)C1(OC)CCCC(C)C1. The Labute approximate surface area is 114 Å². The van der Waals surface area contributed by atoms with Gasteiger partial charge in [0.2, 0.25) is 0 Å². The van der Waals surface area contributed by atoms with Gasteiger partial charge >= 0.3 is 6.18 Å². The molecule has 19 heavy (non-hydrogen) atoms. The van der Waals surface area contributed by atoms with Crippen LogP contribution in [0, 0.1) is 5.92 Å². The van der Waals surface area contributed by atoms with Gasteiger partial charge in [-0.15, -0.1) is 0 Å². The molecule has 0 aromatic rings. The number of halogens is 3. The van der Waals surface area contributed by atoms with Gasteiger partial charge in [-0.2, -0.15) is 13.2 Å². The summed E-state index contributed by atoms with van der Waals surface area (Å²) in [5.41, 5.74) is -0.294. The fourth-order valence-corrected chi connectivity index (χ4v) is 3.36. The van der Waals surface area contributed by atoms with Gasteiger partial charge in [0.05, 0.1) is 5.60 Å². The molecule has 0 aliphatic heterocycles. The molecule has 1 aliphatic rings. The quantitative estimate of drug-likeness (QED) is 0.797. The van der Waals surface area contributed by atoms with E-state index in [9.17, 15) is 13.2 Å². The summed E-state index contributed by atoms with van der Waals surface area (Å²) in [6, 6.07) is 0.00241. The maximum atomic E-state index is 12.2. The van der Waals surface area contributed by atoms with Crippen LogP contribution >= 0.6 is 0 Å². The molecule has 0 saturated heterocycles. The van der Waals surface area contributed by atoms with E-state index in [-0.39, 0.29) is 18.1 Å². The van der Waals surface area contributed by atoms with E-state index in [0.29, 0.717) is 12.3 Å². The zero-order valence-electron chi connectivity index (χ0n) is 12.1. The normalized spacial score (nSPS) is 30.3. The van der Waals surface area contributed by atoms with Gasteiger partial charge in [-0.25, -0.2) is 0 Å². The minimum atomic E-state index is -4.06. The van der Waals surface area contributed by atoms with Crippen molar-refractivity contribution >= 4 is 0 Å². The molecular weight excluding hydrogens is 255 g/mol. The smallest absolute Gasteiger partial charge is 0.377 e. The predicted molar refractivity (Wildman–Crippen MR) is 70.1 cm³/mol. The summed E-state index contributed by atoms with van der Waals surface area (Å²) < 4.78 is 42.5. The Bertz CT molecular complexity index is 270. The van der Waals surface area contributed by atoms with Crippen LogP contribution < -0.4 is 5.32 Å². The van der Waals surface area contributed by atoms with Gasteiger partial charge in [-0.05, 0) is 38.6 Å². The van der Waals surface area contributed by atoms with E-state index < -0.39 is 12.6 Å². The summed E-state index contributed by atoms with van der Waals surface area (Å²) >= 11 is 0. The molecule has 0 amide bonds. The summed E-state index contributed by atoms with van der Waals surface area (Å²) in [5.74, 6) is 0.576. The number of alkyl halides is 3. The summed E-state index contributed by atoms with van der Waals surface area (Å²) in [4.78, 5) is 0. The van der Waals surface area contributed by atoms with Crippen molar-refractivity contribution in [1.29, 1.82) is 0 Å². The number of nitrogens with one attached hydrogen (secondary N) is 1. The molecule has 1 aliphatic carbocycles. The van der Waals surface area contributed by atoms with E-state index in [2.05, 4.69) is 12.2 Å². The van der Waals surface area contributed by atoms with Crippen LogP contribution in [0.1, 0.15) is 51.9 Å². The van der Waals surface area contributed by atoms with Crippen molar-refractivity contribution in [2.24, 2.45) is 5.92 Å². The zero-order chi connectivity index (χ0) is 14.5.